The van der Waals surface area contributed by atoms with Crippen LogP contribution in [-0.2, 0) is 4.74 Å². The molecule has 2 N–H and O–H groups in total. The molecule has 0 spiro atoms. The van der Waals surface area contributed by atoms with Crippen LogP contribution in [0.4, 0.5) is 10.5 Å². The van der Waals surface area contributed by atoms with Crippen molar-refractivity contribution in [3.63, 3.8) is 0 Å². The Hall–Kier alpha value is -2.11. The predicted molar refractivity (Wildman–Crippen MR) is 83.5 cm³/mol. The molecule has 21 heavy (non-hydrogen) atoms. The van der Waals surface area contributed by atoms with Gasteiger partial charge in [-0.3, -0.25) is 0 Å². The molecule has 0 aliphatic heterocycles. The number of rotatable bonds is 5. The van der Waals surface area contributed by atoms with E-state index in [-0.39, 0.29) is 19.2 Å². The number of likely N-dealkylation sites (N-methyl/N-ethyl adjacent to an activating group) is 1. The van der Waals surface area contributed by atoms with Gasteiger partial charge in [0.15, 0.2) is 0 Å². The molecule has 0 aliphatic rings. The van der Waals surface area contributed by atoms with Crippen LogP contribution in [0.5, 0.6) is 0 Å². The van der Waals surface area contributed by atoms with Crippen molar-refractivity contribution in [1.82, 2.24) is 4.90 Å². The standard InChI is InChI=1S/C16H20N2O3/c1-18(10-13(19)11-21-2)16(20)17-15-9-5-7-12-6-3-4-8-14(12)15/h3-9,13,19H,10-11H2,1-2H3,(H,17,20). The Labute approximate surface area is 124 Å². The molecule has 5 heteroatoms. The summed E-state index contributed by atoms with van der Waals surface area (Å²) in [6.07, 6.45) is -0.696. The highest BCUT2D eigenvalue weighted by molar-refractivity contribution is 6.01. The van der Waals surface area contributed by atoms with E-state index < -0.39 is 6.10 Å². The van der Waals surface area contributed by atoms with E-state index in [1.54, 1.807) is 7.05 Å². The SMILES string of the molecule is COCC(O)CN(C)C(=O)Nc1cccc2ccccc12. The number of hydrogen-bond acceptors (Lipinski definition) is 3. The van der Waals surface area contributed by atoms with Crippen molar-refractivity contribution in [2.24, 2.45) is 0 Å². The van der Waals surface area contributed by atoms with Crippen LogP contribution in [0.2, 0.25) is 0 Å². The number of hydrogen-bond donors (Lipinski definition) is 2. The van der Waals surface area contributed by atoms with Crippen molar-refractivity contribution in [2.45, 2.75) is 6.10 Å². The number of aliphatic hydroxyl groups excluding tert-OH is 1. The monoisotopic (exact) mass is 288 g/mol. The van der Waals surface area contributed by atoms with Gasteiger partial charge in [0.25, 0.3) is 0 Å². The van der Waals surface area contributed by atoms with Gasteiger partial charge in [0.1, 0.15) is 0 Å². The number of aliphatic hydroxyl groups is 1. The predicted octanol–water partition coefficient (Wildman–Crippen LogP) is 2.31. The van der Waals surface area contributed by atoms with Gasteiger partial charge in [-0.05, 0) is 11.5 Å². The topological polar surface area (TPSA) is 61.8 Å². The van der Waals surface area contributed by atoms with E-state index in [1.807, 2.05) is 42.5 Å². The highest BCUT2D eigenvalue weighted by Crippen LogP contribution is 2.23. The molecule has 112 valence electrons. The summed E-state index contributed by atoms with van der Waals surface area (Å²) < 4.78 is 4.85. The summed E-state index contributed by atoms with van der Waals surface area (Å²) in [5.41, 5.74) is 0.756. The van der Waals surface area contributed by atoms with Crippen LogP contribution in [0, 0.1) is 0 Å². The fourth-order valence-corrected chi connectivity index (χ4v) is 2.19. The Kier molecular flexibility index (Phi) is 5.14. The van der Waals surface area contributed by atoms with Crippen LogP contribution in [0.25, 0.3) is 10.8 Å². The molecule has 2 rings (SSSR count). The third kappa shape index (κ3) is 3.93. The Morgan fingerprint density at radius 2 is 2.00 bits per heavy atom. The van der Waals surface area contributed by atoms with Gasteiger partial charge in [0.2, 0.25) is 0 Å². The van der Waals surface area contributed by atoms with Gasteiger partial charge in [-0.2, -0.15) is 0 Å². The number of carbonyl (C=O) groups excluding carboxylic acids is 1. The number of carbonyl (C=O) groups is 1. The van der Waals surface area contributed by atoms with Crippen molar-refractivity contribution in [2.75, 3.05) is 32.6 Å². The number of amides is 2. The second-order valence-corrected chi connectivity index (χ2v) is 4.95. The van der Waals surface area contributed by atoms with Crippen LogP contribution < -0.4 is 5.32 Å². The lowest BCUT2D eigenvalue weighted by atomic mass is 10.1. The van der Waals surface area contributed by atoms with Gasteiger partial charge in [0.05, 0.1) is 24.9 Å². The fraction of sp³-hybridized carbons (Fsp3) is 0.312. The lowest BCUT2D eigenvalue weighted by Gasteiger charge is -2.21. The maximum Gasteiger partial charge on any atom is 0.321 e. The minimum absolute atomic E-state index is 0.200. The summed E-state index contributed by atoms with van der Waals surface area (Å²) in [7, 11) is 3.15. The first kappa shape index (κ1) is 15.3. The van der Waals surface area contributed by atoms with Gasteiger partial charge in [0, 0.05) is 19.5 Å². The molecule has 1 unspecified atom stereocenters. The third-order valence-electron chi connectivity index (χ3n) is 3.22. The Morgan fingerprint density at radius 3 is 2.76 bits per heavy atom. The first-order valence-corrected chi connectivity index (χ1v) is 6.78. The zero-order valence-electron chi connectivity index (χ0n) is 12.2. The number of urea groups is 1. The number of benzene rings is 2. The number of nitrogens with one attached hydrogen (secondary N) is 1. The van der Waals surface area contributed by atoms with Crippen LogP contribution in [0.3, 0.4) is 0 Å². The number of methoxy groups -OCH3 is 1. The second-order valence-electron chi connectivity index (χ2n) is 4.95. The van der Waals surface area contributed by atoms with Crippen molar-refractivity contribution < 1.29 is 14.6 Å². The third-order valence-corrected chi connectivity index (χ3v) is 3.22. The molecular weight excluding hydrogens is 268 g/mol. The van der Waals surface area contributed by atoms with Crippen molar-refractivity contribution >= 4 is 22.5 Å². The first-order chi connectivity index (χ1) is 10.1. The number of anilines is 1. The molecule has 2 aromatic carbocycles. The van der Waals surface area contributed by atoms with Gasteiger partial charge in [-0.15, -0.1) is 0 Å². The largest absolute Gasteiger partial charge is 0.389 e. The summed E-state index contributed by atoms with van der Waals surface area (Å²) >= 11 is 0. The zero-order valence-corrected chi connectivity index (χ0v) is 12.2. The minimum atomic E-state index is -0.696. The van der Waals surface area contributed by atoms with Gasteiger partial charge in [-0.1, -0.05) is 36.4 Å². The van der Waals surface area contributed by atoms with Gasteiger partial charge in [-0.25, -0.2) is 4.79 Å². The first-order valence-electron chi connectivity index (χ1n) is 6.78. The lowest BCUT2D eigenvalue weighted by molar-refractivity contribution is 0.0501. The molecule has 0 fully saturated rings. The molecule has 2 aromatic rings. The average Bonchev–Trinajstić information content (AvgIpc) is 2.47. The van der Waals surface area contributed by atoms with Crippen LogP contribution in [-0.4, -0.2) is 49.5 Å². The van der Waals surface area contributed by atoms with Crippen LogP contribution in [0.1, 0.15) is 0 Å². The number of fused-ring (bicyclic) bond motifs is 1. The van der Waals surface area contributed by atoms with Crippen LogP contribution >= 0.6 is 0 Å². The Morgan fingerprint density at radius 1 is 1.29 bits per heavy atom. The molecular formula is C16H20N2O3. The maximum absolute atomic E-state index is 12.2. The highest BCUT2D eigenvalue weighted by Gasteiger charge is 2.14. The average molecular weight is 288 g/mol. The molecule has 0 heterocycles. The Balaban J connectivity index is 2.07. The molecule has 0 radical (unpaired) electrons. The lowest BCUT2D eigenvalue weighted by Crippen LogP contribution is -2.38. The summed E-state index contributed by atoms with van der Waals surface area (Å²) in [4.78, 5) is 13.6. The summed E-state index contributed by atoms with van der Waals surface area (Å²) in [6.45, 7) is 0.413. The Bertz CT molecular complexity index is 610. The summed E-state index contributed by atoms with van der Waals surface area (Å²) in [6, 6.07) is 13.3. The summed E-state index contributed by atoms with van der Waals surface area (Å²) in [5.74, 6) is 0. The van der Waals surface area contributed by atoms with E-state index in [2.05, 4.69) is 5.32 Å². The van der Waals surface area contributed by atoms with Crippen molar-refractivity contribution in [1.29, 1.82) is 0 Å². The molecule has 0 saturated heterocycles. The highest BCUT2D eigenvalue weighted by atomic mass is 16.5. The van der Waals surface area contributed by atoms with E-state index in [0.717, 1.165) is 16.5 Å². The zero-order chi connectivity index (χ0) is 15.2. The fourth-order valence-electron chi connectivity index (χ4n) is 2.19. The quantitative estimate of drug-likeness (QED) is 0.887. The second kappa shape index (κ2) is 7.06. The van der Waals surface area contributed by atoms with Gasteiger partial charge < -0.3 is 20.1 Å². The van der Waals surface area contributed by atoms with E-state index in [9.17, 15) is 9.90 Å². The number of nitrogens with zero attached hydrogens (tertiary/aromatic N) is 1. The molecule has 5 nitrogen and oxygen atoms in total. The molecule has 0 bridgehead atoms. The molecule has 0 saturated carbocycles. The maximum atomic E-state index is 12.2. The molecule has 1 atom stereocenters. The van der Waals surface area contributed by atoms with E-state index >= 15 is 0 Å². The van der Waals surface area contributed by atoms with Crippen molar-refractivity contribution in [3.05, 3.63) is 42.5 Å². The molecule has 2 amide bonds. The molecule has 0 aliphatic carbocycles. The normalized spacial score (nSPS) is 12.1. The smallest absolute Gasteiger partial charge is 0.321 e. The van der Waals surface area contributed by atoms with Crippen molar-refractivity contribution in [3.8, 4) is 0 Å². The number of ether oxygens (including phenoxy) is 1. The van der Waals surface area contributed by atoms with E-state index in [0.29, 0.717) is 0 Å². The van der Waals surface area contributed by atoms with E-state index in [4.69, 9.17) is 4.74 Å². The minimum Gasteiger partial charge on any atom is -0.389 e. The molecule has 0 aromatic heterocycles. The van der Waals surface area contributed by atoms with Gasteiger partial charge >= 0.3 is 6.03 Å². The summed E-state index contributed by atoms with van der Waals surface area (Å²) in [5, 5.41) is 14.6. The van der Waals surface area contributed by atoms with E-state index in [1.165, 1.54) is 12.0 Å². The van der Waals surface area contributed by atoms with Crippen LogP contribution in [0.15, 0.2) is 42.5 Å².